The zero-order valence-electron chi connectivity index (χ0n) is 16.1. The molecule has 1 aromatic carbocycles. The van der Waals surface area contributed by atoms with Gasteiger partial charge in [-0.1, -0.05) is 12.8 Å². The van der Waals surface area contributed by atoms with Crippen LogP contribution in [0, 0.1) is 6.92 Å². The predicted molar refractivity (Wildman–Crippen MR) is 100 cm³/mol. The molecule has 0 saturated heterocycles. The van der Waals surface area contributed by atoms with Crippen LogP contribution >= 0.6 is 0 Å². The Balaban J connectivity index is 1.83. The Kier molecular flexibility index (Phi) is 5.74. The lowest BCUT2D eigenvalue weighted by atomic mass is 9.89. The third-order valence-electron chi connectivity index (χ3n) is 5.15. The molecule has 1 heterocycles. The molecule has 2 aromatic rings. The Bertz CT molecular complexity index is 841. The number of hydrogen-bond donors (Lipinski definition) is 2. The van der Waals surface area contributed by atoms with Crippen molar-refractivity contribution in [3.63, 3.8) is 0 Å². The fourth-order valence-electron chi connectivity index (χ4n) is 3.69. The van der Waals surface area contributed by atoms with Gasteiger partial charge in [-0.05, 0) is 52.1 Å². The standard InChI is InChI=1S/C19H24F3N5O/c1-11-17(13-9-8-12(10-16(13)28)19(20,21)22)25-26-18(23-11)24-14-6-4-5-7-15(14)27(2)3/h8-10,14-15,28H,4-7H2,1-3H3,(H,23,24,26)/t14-,15-/m1/s1. The van der Waals surface area contributed by atoms with E-state index in [1.165, 1.54) is 12.5 Å². The maximum atomic E-state index is 12.8. The molecule has 1 saturated carbocycles. The monoisotopic (exact) mass is 395 g/mol. The van der Waals surface area contributed by atoms with E-state index in [9.17, 15) is 18.3 Å². The summed E-state index contributed by atoms with van der Waals surface area (Å²) in [5.74, 6) is -0.124. The molecule has 3 rings (SSSR count). The van der Waals surface area contributed by atoms with Gasteiger partial charge in [0.05, 0.1) is 11.3 Å². The Morgan fingerprint density at radius 3 is 2.46 bits per heavy atom. The molecule has 0 aliphatic heterocycles. The molecule has 1 aliphatic rings. The smallest absolute Gasteiger partial charge is 0.416 e. The molecule has 0 radical (unpaired) electrons. The number of nitrogens with one attached hydrogen (secondary N) is 1. The number of phenols is 1. The summed E-state index contributed by atoms with van der Waals surface area (Å²) < 4.78 is 38.3. The summed E-state index contributed by atoms with van der Waals surface area (Å²) in [4.78, 5) is 6.60. The van der Waals surface area contributed by atoms with Crippen LogP contribution in [0.5, 0.6) is 5.75 Å². The molecule has 2 N–H and O–H groups in total. The van der Waals surface area contributed by atoms with Crippen molar-refractivity contribution >= 4 is 5.95 Å². The lowest BCUT2D eigenvalue weighted by Crippen LogP contribution is -2.45. The number of aromatic nitrogens is 3. The summed E-state index contributed by atoms with van der Waals surface area (Å²) in [5, 5.41) is 21.6. The third-order valence-corrected chi connectivity index (χ3v) is 5.15. The molecule has 0 unspecified atom stereocenters. The number of hydrogen-bond acceptors (Lipinski definition) is 6. The van der Waals surface area contributed by atoms with Crippen LogP contribution in [-0.4, -0.2) is 51.4 Å². The number of benzene rings is 1. The maximum Gasteiger partial charge on any atom is 0.416 e. The van der Waals surface area contributed by atoms with E-state index in [0.717, 1.165) is 25.3 Å². The van der Waals surface area contributed by atoms with Crippen LogP contribution in [0.4, 0.5) is 19.1 Å². The summed E-state index contributed by atoms with van der Waals surface area (Å²) in [6.07, 6.45) is -0.107. The lowest BCUT2D eigenvalue weighted by molar-refractivity contribution is -0.137. The van der Waals surface area contributed by atoms with Crippen LogP contribution in [0.1, 0.15) is 36.9 Å². The molecule has 0 bridgehead atoms. The minimum Gasteiger partial charge on any atom is -0.507 e. The number of rotatable bonds is 4. The first-order valence-corrected chi connectivity index (χ1v) is 9.21. The fraction of sp³-hybridized carbons (Fsp3) is 0.526. The number of likely N-dealkylation sites (N-methyl/N-ethyl adjacent to an activating group) is 1. The van der Waals surface area contributed by atoms with Crippen molar-refractivity contribution in [2.45, 2.75) is 50.9 Å². The van der Waals surface area contributed by atoms with E-state index in [0.29, 0.717) is 23.8 Å². The maximum absolute atomic E-state index is 12.8. The summed E-state index contributed by atoms with van der Waals surface area (Å²) in [6, 6.07) is 3.36. The second-order valence-electron chi connectivity index (χ2n) is 7.37. The van der Waals surface area contributed by atoms with Gasteiger partial charge in [0, 0.05) is 17.6 Å². The van der Waals surface area contributed by atoms with Gasteiger partial charge < -0.3 is 15.3 Å². The molecule has 1 aliphatic carbocycles. The van der Waals surface area contributed by atoms with E-state index in [1.54, 1.807) is 6.92 Å². The van der Waals surface area contributed by atoms with Crippen LogP contribution in [0.25, 0.3) is 11.3 Å². The summed E-state index contributed by atoms with van der Waals surface area (Å²) in [7, 11) is 4.09. The molecular weight excluding hydrogens is 371 g/mol. The van der Waals surface area contributed by atoms with Gasteiger partial charge in [-0.3, -0.25) is 0 Å². The van der Waals surface area contributed by atoms with E-state index >= 15 is 0 Å². The third kappa shape index (κ3) is 4.35. The lowest BCUT2D eigenvalue weighted by Gasteiger charge is -2.36. The second-order valence-corrected chi connectivity index (χ2v) is 7.37. The van der Waals surface area contributed by atoms with E-state index in [-0.39, 0.29) is 17.3 Å². The number of alkyl halides is 3. The highest BCUT2D eigenvalue weighted by Crippen LogP contribution is 2.36. The van der Waals surface area contributed by atoms with E-state index in [1.807, 2.05) is 14.1 Å². The van der Waals surface area contributed by atoms with Gasteiger partial charge in [-0.2, -0.15) is 13.2 Å². The van der Waals surface area contributed by atoms with Gasteiger partial charge >= 0.3 is 6.18 Å². The van der Waals surface area contributed by atoms with Crippen molar-refractivity contribution in [2.75, 3.05) is 19.4 Å². The van der Waals surface area contributed by atoms with Crippen molar-refractivity contribution in [2.24, 2.45) is 0 Å². The molecule has 0 spiro atoms. The highest BCUT2D eigenvalue weighted by molar-refractivity contribution is 5.69. The van der Waals surface area contributed by atoms with Crippen molar-refractivity contribution in [1.29, 1.82) is 0 Å². The van der Waals surface area contributed by atoms with Gasteiger partial charge in [-0.15, -0.1) is 10.2 Å². The Hall–Kier alpha value is -2.42. The SMILES string of the molecule is Cc1nc(N[C@@H]2CCCC[C@H]2N(C)C)nnc1-c1ccc(C(F)(F)F)cc1O. The van der Waals surface area contributed by atoms with Gasteiger partial charge in [0.25, 0.3) is 0 Å². The number of aryl methyl sites for hydroxylation is 1. The number of aromatic hydroxyl groups is 1. The average Bonchev–Trinajstić information content (AvgIpc) is 2.62. The Labute approximate surface area is 161 Å². The van der Waals surface area contributed by atoms with Crippen LogP contribution in [-0.2, 0) is 6.18 Å². The number of anilines is 1. The molecular formula is C19H24F3N5O. The zero-order valence-corrected chi connectivity index (χ0v) is 16.1. The van der Waals surface area contributed by atoms with Gasteiger partial charge in [-0.25, -0.2) is 4.98 Å². The van der Waals surface area contributed by atoms with Crippen LogP contribution in [0.15, 0.2) is 18.2 Å². The van der Waals surface area contributed by atoms with Crippen LogP contribution < -0.4 is 5.32 Å². The fourth-order valence-corrected chi connectivity index (χ4v) is 3.69. The normalized spacial score (nSPS) is 20.4. The van der Waals surface area contributed by atoms with Crippen LogP contribution in [0.3, 0.4) is 0 Å². The highest BCUT2D eigenvalue weighted by atomic mass is 19.4. The van der Waals surface area contributed by atoms with Crippen molar-refractivity contribution in [3.8, 4) is 17.0 Å². The first-order valence-electron chi connectivity index (χ1n) is 9.21. The molecule has 0 amide bonds. The molecule has 9 heteroatoms. The zero-order chi connectivity index (χ0) is 20.5. The largest absolute Gasteiger partial charge is 0.507 e. The van der Waals surface area contributed by atoms with Crippen LogP contribution in [0.2, 0.25) is 0 Å². The van der Waals surface area contributed by atoms with Crippen molar-refractivity contribution < 1.29 is 18.3 Å². The summed E-state index contributed by atoms with van der Waals surface area (Å²) in [6.45, 7) is 1.69. The second kappa shape index (κ2) is 7.90. The number of phenolic OH excluding ortho intramolecular Hbond substituents is 1. The Morgan fingerprint density at radius 1 is 1.14 bits per heavy atom. The average molecular weight is 395 g/mol. The Morgan fingerprint density at radius 2 is 1.86 bits per heavy atom. The first kappa shape index (κ1) is 20.3. The molecule has 152 valence electrons. The topological polar surface area (TPSA) is 74.2 Å². The van der Waals surface area contributed by atoms with E-state index in [4.69, 9.17) is 0 Å². The van der Waals surface area contributed by atoms with Crippen molar-refractivity contribution in [1.82, 2.24) is 20.1 Å². The highest BCUT2D eigenvalue weighted by Gasteiger charge is 2.31. The van der Waals surface area contributed by atoms with E-state index < -0.39 is 17.5 Å². The van der Waals surface area contributed by atoms with Gasteiger partial charge in [0.1, 0.15) is 11.4 Å². The number of halogens is 3. The molecule has 1 aromatic heterocycles. The molecule has 28 heavy (non-hydrogen) atoms. The minimum absolute atomic E-state index is 0.167. The van der Waals surface area contributed by atoms with E-state index in [2.05, 4.69) is 25.4 Å². The molecule has 1 fully saturated rings. The summed E-state index contributed by atoms with van der Waals surface area (Å²) >= 11 is 0. The molecule has 2 atom stereocenters. The first-order chi connectivity index (χ1) is 13.2. The molecule has 6 nitrogen and oxygen atoms in total. The number of nitrogens with zero attached hydrogens (tertiary/aromatic N) is 4. The van der Waals surface area contributed by atoms with Crippen molar-refractivity contribution in [3.05, 3.63) is 29.5 Å². The minimum atomic E-state index is -4.52. The van der Waals surface area contributed by atoms with Gasteiger partial charge in [0.2, 0.25) is 5.95 Å². The summed E-state index contributed by atoms with van der Waals surface area (Å²) in [5.41, 5.74) is -0.0205. The predicted octanol–water partition coefficient (Wildman–Crippen LogP) is 3.86. The quantitative estimate of drug-likeness (QED) is 0.819. The van der Waals surface area contributed by atoms with Gasteiger partial charge in [0.15, 0.2) is 0 Å².